The van der Waals surface area contributed by atoms with Gasteiger partial charge in [-0.1, -0.05) is 31.9 Å². The summed E-state index contributed by atoms with van der Waals surface area (Å²) in [5.41, 5.74) is 1.19. The van der Waals surface area contributed by atoms with E-state index in [9.17, 15) is 4.79 Å². The van der Waals surface area contributed by atoms with Crippen LogP contribution in [0.5, 0.6) is 5.75 Å². The van der Waals surface area contributed by atoms with Gasteiger partial charge in [0.05, 0.1) is 6.61 Å². The fraction of sp³-hybridized carbons (Fsp3) is 0.562. The van der Waals surface area contributed by atoms with Gasteiger partial charge in [-0.15, -0.1) is 11.6 Å². The zero-order valence-corrected chi connectivity index (χ0v) is 12.9. The molecular weight excluding hydrogens is 274 g/mol. The molecule has 1 rings (SSSR count). The first kappa shape index (κ1) is 16.8. The molecule has 0 saturated heterocycles. The van der Waals surface area contributed by atoms with E-state index in [4.69, 9.17) is 16.3 Å². The molecule has 112 valence electrons. The average Bonchev–Trinajstić information content (AvgIpc) is 2.45. The van der Waals surface area contributed by atoms with Gasteiger partial charge in [-0.3, -0.25) is 4.79 Å². The molecule has 0 atom stereocenters. The van der Waals surface area contributed by atoms with Gasteiger partial charge in [0, 0.05) is 18.8 Å². The Labute approximate surface area is 126 Å². The van der Waals surface area contributed by atoms with Crippen LogP contribution in [0.2, 0.25) is 0 Å². The van der Waals surface area contributed by atoms with E-state index in [0.717, 1.165) is 25.2 Å². The quantitative estimate of drug-likeness (QED) is 0.530. The summed E-state index contributed by atoms with van der Waals surface area (Å²) >= 11 is 5.50. The molecule has 0 unspecified atom stereocenters. The van der Waals surface area contributed by atoms with Crippen molar-refractivity contribution in [2.45, 2.75) is 39.0 Å². The van der Waals surface area contributed by atoms with Crippen LogP contribution in [0.4, 0.5) is 0 Å². The number of benzene rings is 1. The van der Waals surface area contributed by atoms with E-state index < -0.39 is 0 Å². The number of carbonyl (C=O) groups is 1. The first-order valence-electron chi connectivity index (χ1n) is 7.30. The number of ether oxygens (including phenoxy) is 1. The van der Waals surface area contributed by atoms with E-state index in [2.05, 4.69) is 12.2 Å². The number of hydrogen-bond donors (Lipinski definition) is 1. The third kappa shape index (κ3) is 7.39. The van der Waals surface area contributed by atoms with Crippen molar-refractivity contribution in [2.75, 3.05) is 19.0 Å². The third-order valence-electron chi connectivity index (χ3n) is 3.00. The van der Waals surface area contributed by atoms with Crippen LogP contribution in [-0.2, 0) is 11.2 Å². The van der Waals surface area contributed by atoms with Crippen molar-refractivity contribution in [3.05, 3.63) is 29.8 Å². The molecule has 0 radical (unpaired) electrons. The largest absolute Gasteiger partial charge is 0.494 e. The number of unbranched alkanes of at least 4 members (excludes halogenated alkanes) is 2. The van der Waals surface area contributed by atoms with Gasteiger partial charge in [-0.2, -0.15) is 0 Å². The number of nitrogens with one attached hydrogen (secondary N) is 1. The lowest BCUT2D eigenvalue weighted by molar-refractivity contribution is -0.120. The number of hydrogen-bond acceptors (Lipinski definition) is 2. The second kappa shape index (κ2) is 10.6. The summed E-state index contributed by atoms with van der Waals surface area (Å²) in [5, 5.41) is 2.84. The summed E-state index contributed by atoms with van der Waals surface area (Å²) < 4.78 is 5.65. The van der Waals surface area contributed by atoms with Crippen LogP contribution >= 0.6 is 11.6 Å². The number of halogens is 1. The van der Waals surface area contributed by atoms with Crippen molar-refractivity contribution >= 4 is 17.5 Å². The van der Waals surface area contributed by atoms with E-state index in [1.807, 2.05) is 24.3 Å². The maximum absolute atomic E-state index is 11.2. The Bertz CT molecular complexity index is 379. The average molecular weight is 298 g/mol. The van der Waals surface area contributed by atoms with Crippen LogP contribution in [0.1, 0.15) is 38.2 Å². The van der Waals surface area contributed by atoms with Crippen LogP contribution < -0.4 is 10.1 Å². The predicted molar refractivity (Wildman–Crippen MR) is 83.5 cm³/mol. The molecule has 20 heavy (non-hydrogen) atoms. The van der Waals surface area contributed by atoms with Gasteiger partial charge in [-0.25, -0.2) is 0 Å². The second-order valence-electron chi connectivity index (χ2n) is 4.74. The van der Waals surface area contributed by atoms with Gasteiger partial charge < -0.3 is 10.1 Å². The number of carbonyl (C=O) groups excluding carboxylic acids is 1. The number of rotatable bonds is 10. The second-order valence-corrected chi connectivity index (χ2v) is 5.12. The third-order valence-corrected chi connectivity index (χ3v) is 3.19. The summed E-state index contributed by atoms with van der Waals surface area (Å²) in [5.74, 6) is 1.29. The summed E-state index contributed by atoms with van der Waals surface area (Å²) in [6.07, 6.45) is 4.72. The predicted octanol–water partition coefficient (Wildman–Crippen LogP) is 3.54. The first-order chi connectivity index (χ1) is 9.76. The highest BCUT2D eigenvalue weighted by Crippen LogP contribution is 2.13. The Morgan fingerprint density at radius 3 is 2.65 bits per heavy atom. The van der Waals surface area contributed by atoms with Gasteiger partial charge in [0.15, 0.2) is 0 Å². The highest BCUT2D eigenvalue weighted by atomic mass is 35.5. The molecule has 1 aromatic rings. The van der Waals surface area contributed by atoms with E-state index in [-0.39, 0.29) is 5.91 Å². The molecular formula is C16H24ClNO2. The van der Waals surface area contributed by atoms with Gasteiger partial charge >= 0.3 is 0 Å². The minimum absolute atomic E-state index is 0.0101. The van der Waals surface area contributed by atoms with E-state index in [0.29, 0.717) is 18.8 Å². The standard InChI is InChI=1S/C16H24ClNO2/c1-2-3-4-13-20-15-7-5-14(6-8-15)10-12-18-16(19)9-11-17/h5-8H,2-4,9-13H2,1H3,(H,18,19). The molecule has 1 N–H and O–H groups in total. The molecule has 0 saturated carbocycles. The molecule has 0 aromatic heterocycles. The zero-order chi connectivity index (χ0) is 14.6. The lowest BCUT2D eigenvalue weighted by Crippen LogP contribution is -2.25. The molecule has 0 heterocycles. The molecule has 0 bridgehead atoms. The first-order valence-corrected chi connectivity index (χ1v) is 7.84. The van der Waals surface area contributed by atoms with Crippen LogP contribution in [0.25, 0.3) is 0 Å². The summed E-state index contributed by atoms with van der Waals surface area (Å²) in [4.78, 5) is 11.2. The Kier molecular flexibility index (Phi) is 8.88. The molecule has 0 aliphatic heterocycles. The fourth-order valence-corrected chi connectivity index (χ4v) is 1.99. The smallest absolute Gasteiger partial charge is 0.221 e. The van der Waals surface area contributed by atoms with Gasteiger partial charge in [0.2, 0.25) is 5.91 Å². The monoisotopic (exact) mass is 297 g/mol. The topological polar surface area (TPSA) is 38.3 Å². The fourth-order valence-electron chi connectivity index (χ4n) is 1.81. The van der Waals surface area contributed by atoms with Gasteiger partial charge in [0.25, 0.3) is 0 Å². The van der Waals surface area contributed by atoms with Gasteiger partial charge in [0.1, 0.15) is 5.75 Å². The van der Waals surface area contributed by atoms with Crippen molar-refractivity contribution in [1.82, 2.24) is 5.32 Å². The molecule has 0 fully saturated rings. The van der Waals surface area contributed by atoms with Crippen LogP contribution in [-0.4, -0.2) is 24.9 Å². The van der Waals surface area contributed by atoms with Crippen LogP contribution in [0.3, 0.4) is 0 Å². The minimum atomic E-state index is 0.0101. The molecule has 0 spiro atoms. The van der Waals surface area contributed by atoms with Gasteiger partial charge in [-0.05, 0) is 30.5 Å². The normalized spacial score (nSPS) is 10.3. The SMILES string of the molecule is CCCCCOc1ccc(CCNC(=O)CCCl)cc1. The van der Waals surface area contributed by atoms with Crippen molar-refractivity contribution in [1.29, 1.82) is 0 Å². The minimum Gasteiger partial charge on any atom is -0.494 e. The Balaban J connectivity index is 2.23. The van der Waals surface area contributed by atoms with Crippen LogP contribution in [0, 0.1) is 0 Å². The van der Waals surface area contributed by atoms with Crippen LogP contribution in [0.15, 0.2) is 24.3 Å². The number of alkyl halides is 1. The van der Waals surface area contributed by atoms with E-state index in [1.54, 1.807) is 0 Å². The molecule has 3 nitrogen and oxygen atoms in total. The lowest BCUT2D eigenvalue weighted by Gasteiger charge is -2.07. The molecule has 0 aliphatic rings. The highest BCUT2D eigenvalue weighted by molar-refractivity contribution is 6.18. The van der Waals surface area contributed by atoms with E-state index in [1.165, 1.54) is 18.4 Å². The Morgan fingerprint density at radius 1 is 1.25 bits per heavy atom. The Hall–Kier alpha value is -1.22. The number of amides is 1. The summed E-state index contributed by atoms with van der Waals surface area (Å²) in [6, 6.07) is 8.06. The molecule has 4 heteroatoms. The molecule has 1 amide bonds. The lowest BCUT2D eigenvalue weighted by atomic mass is 10.1. The van der Waals surface area contributed by atoms with Crippen molar-refractivity contribution in [3.63, 3.8) is 0 Å². The molecule has 1 aromatic carbocycles. The van der Waals surface area contributed by atoms with Crippen molar-refractivity contribution < 1.29 is 9.53 Å². The summed E-state index contributed by atoms with van der Waals surface area (Å²) in [7, 11) is 0. The molecule has 0 aliphatic carbocycles. The summed E-state index contributed by atoms with van der Waals surface area (Å²) in [6.45, 7) is 3.61. The Morgan fingerprint density at radius 2 is 2.00 bits per heavy atom. The zero-order valence-electron chi connectivity index (χ0n) is 12.2. The highest BCUT2D eigenvalue weighted by Gasteiger charge is 2.00. The van der Waals surface area contributed by atoms with E-state index >= 15 is 0 Å². The van der Waals surface area contributed by atoms with Crippen molar-refractivity contribution in [2.24, 2.45) is 0 Å². The maximum Gasteiger partial charge on any atom is 0.221 e. The van der Waals surface area contributed by atoms with Crippen molar-refractivity contribution in [3.8, 4) is 5.75 Å². The maximum atomic E-state index is 11.2.